The van der Waals surface area contributed by atoms with Gasteiger partial charge in [0.25, 0.3) is 5.91 Å². The van der Waals surface area contributed by atoms with E-state index in [4.69, 9.17) is 11.6 Å². The second kappa shape index (κ2) is 5.40. The van der Waals surface area contributed by atoms with Crippen molar-refractivity contribution in [2.24, 2.45) is 7.05 Å². The van der Waals surface area contributed by atoms with Gasteiger partial charge in [-0.2, -0.15) is 5.10 Å². The Morgan fingerprint density at radius 3 is 2.84 bits per heavy atom. The van der Waals surface area contributed by atoms with Crippen LogP contribution in [0.15, 0.2) is 12.5 Å². The topological polar surface area (TPSA) is 77.6 Å². The zero-order valence-corrected chi connectivity index (χ0v) is 11.7. The van der Waals surface area contributed by atoms with Crippen molar-refractivity contribution in [2.75, 3.05) is 0 Å². The average Bonchev–Trinajstić information content (AvgIpc) is 2.92. The van der Waals surface area contributed by atoms with Crippen LogP contribution < -0.4 is 5.32 Å². The molecular weight excluding hydrogens is 268 g/mol. The van der Waals surface area contributed by atoms with Crippen molar-refractivity contribution in [2.45, 2.75) is 26.4 Å². The number of carbonyl (C=O) groups excluding carboxylic acids is 1. The van der Waals surface area contributed by atoms with E-state index in [0.717, 1.165) is 0 Å². The first-order valence-electron chi connectivity index (χ1n) is 5.84. The van der Waals surface area contributed by atoms with Crippen LogP contribution in [-0.2, 0) is 13.6 Å². The maximum Gasteiger partial charge on any atom is 0.273 e. The highest BCUT2D eigenvalue weighted by Gasteiger charge is 2.15. The van der Waals surface area contributed by atoms with Gasteiger partial charge in [0.15, 0.2) is 11.5 Å². The number of amides is 1. The predicted octanol–water partition coefficient (Wildman–Crippen LogP) is 1.18. The van der Waals surface area contributed by atoms with Crippen molar-refractivity contribution in [1.82, 2.24) is 29.9 Å². The molecule has 2 aromatic rings. The molecule has 2 heterocycles. The minimum Gasteiger partial charge on any atom is -0.343 e. The van der Waals surface area contributed by atoms with E-state index >= 15 is 0 Å². The summed E-state index contributed by atoms with van der Waals surface area (Å²) in [5, 5.41) is 14.9. The van der Waals surface area contributed by atoms with E-state index in [1.165, 1.54) is 4.68 Å². The maximum atomic E-state index is 11.9. The number of aromatic nitrogens is 5. The lowest BCUT2D eigenvalue weighted by Crippen LogP contribution is -2.25. The van der Waals surface area contributed by atoms with Gasteiger partial charge in [-0.3, -0.25) is 9.48 Å². The minimum atomic E-state index is -0.330. The number of carbonyl (C=O) groups is 1. The summed E-state index contributed by atoms with van der Waals surface area (Å²) in [6.07, 6.45) is 3.22. The van der Waals surface area contributed by atoms with Crippen molar-refractivity contribution in [3.05, 3.63) is 29.1 Å². The summed E-state index contributed by atoms with van der Waals surface area (Å²) >= 11 is 5.90. The number of hydrogen-bond donors (Lipinski definition) is 1. The van der Waals surface area contributed by atoms with Gasteiger partial charge in [-0.15, -0.1) is 10.2 Å². The van der Waals surface area contributed by atoms with Gasteiger partial charge < -0.3 is 9.88 Å². The molecule has 0 aliphatic carbocycles. The molecule has 19 heavy (non-hydrogen) atoms. The van der Waals surface area contributed by atoms with Gasteiger partial charge in [0, 0.05) is 19.3 Å². The van der Waals surface area contributed by atoms with Gasteiger partial charge in [-0.25, -0.2) is 0 Å². The Morgan fingerprint density at radius 2 is 2.26 bits per heavy atom. The molecule has 0 unspecified atom stereocenters. The second-order valence-corrected chi connectivity index (χ2v) is 4.84. The van der Waals surface area contributed by atoms with E-state index in [0.29, 0.717) is 10.8 Å². The van der Waals surface area contributed by atoms with Crippen LogP contribution in [0.2, 0.25) is 5.02 Å². The molecule has 0 spiro atoms. The molecule has 7 nitrogen and oxygen atoms in total. The van der Waals surface area contributed by atoms with Crippen LogP contribution in [0.5, 0.6) is 0 Å². The van der Waals surface area contributed by atoms with Crippen LogP contribution in [0, 0.1) is 0 Å². The minimum absolute atomic E-state index is 0.208. The van der Waals surface area contributed by atoms with Gasteiger partial charge in [0.2, 0.25) is 0 Å². The van der Waals surface area contributed by atoms with Crippen molar-refractivity contribution < 1.29 is 4.79 Å². The molecule has 2 aromatic heterocycles. The standard InChI is InChI=1S/C11H15ClN6O/c1-7(2)18-6-14-15-9(18)4-13-11(19)10-8(12)5-17(3)16-10/h5-7H,4H2,1-3H3,(H,13,19). The average molecular weight is 283 g/mol. The molecule has 8 heteroatoms. The first kappa shape index (κ1) is 13.5. The van der Waals surface area contributed by atoms with E-state index in [1.54, 1.807) is 19.6 Å². The van der Waals surface area contributed by atoms with Crippen LogP contribution in [0.25, 0.3) is 0 Å². The van der Waals surface area contributed by atoms with Gasteiger partial charge in [-0.1, -0.05) is 11.6 Å². The van der Waals surface area contributed by atoms with E-state index in [-0.39, 0.29) is 24.2 Å². The van der Waals surface area contributed by atoms with E-state index in [9.17, 15) is 4.79 Å². The lowest BCUT2D eigenvalue weighted by molar-refractivity contribution is 0.0943. The van der Waals surface area contributed by atoms with Gasteiger partial charge in [0.05, 0.1) is 11.6 Å². The Hall–Kier alpha value is -1.89. The highest BCUT2D eigenvalue weighted by Crippen LogP contribution is 2.13. The molecule has 0 saturated heterocycles. The van der Waals surface area contributed by atoms with Crippen LogP contribution in [0.3, 0.4) is 0 Å². The Balaban J connectivity index is 2.04. The third kappa shape index (κ3) is 2.93. The van der Waals surface area contributed by atoms with Crippen molar-refractivity contribution in [1.29, 1.82) is 0 Å². The van der Waals surface area contributed by atoms with Crippen LogP contribution in [-0.4, -0.2) is 30.5 Å². The summed E-state index contributed by atoms with van der Waals surface area (Å²) in [6, 6.07) is 0.236. The largest absolute Gasteiger partial charge is 0.343 e. The van der Waals surface area contributed by atoms with Crippen LogP contribution >= 0.6 is 11.6 Å². The summed E-state index contributed by atoms with van der Waals surface area (Å²) in [5.74, 6) is 0.360. The molecule has 102 valence electrons. The fourth-order valence-corrected chi connectivity index (χ4v) is 1.95. The van der Waals surface area contributed by atoms with Crippen LogP contribution in [0.4, 0.5) is 0 Å². The summed E-state index contributed by atoms with van der Waals surface area (Å²) in [5.41, 5.74) is 0.208. The number of halogens is 1. The lowest BCUT2D eigenvalue weighted by atomic mass is 10.3. The van der Waals surface area contributed by atoms with E-state index in [1.807, 2.05) is 18.4 Å². The smallest absolute Gasteiger partial charge is 0.273 e. The highest BCUT2D eigenvalue weighted by molar-refractivity contribution is 6.33. The van der Waals surface area contributed by atoms with Gasteiger partial charge in [-0.05, 0) is 13.8 Å². The molecule has 0 aromatic carbocycles. The number of rotatable bonds is 4. The molecule has 0 bridgehead atoms. The monoisotopic (exact) mass is 282 g/mol. The highest BCUT2D eigenvalue weighted by atomic mass is 35.5. The van der Waals surface area contributed by atoms with E-state index < -0.39 is 0 Å². The maximum absolute atomic E-state index is 11.9. The van der Waals surface area contributed by atoms with Crippen molar-refractivity contribution in [3.63, 3.8) is 0 Å². The van der Waals surface area contributed by atoms with Gasteiger partial charge >= 0.3 is 0 Å². The Bertz CT molecular complexity index is 588. The zero-order valence-electron chi connectivity index (χ0n) is 11.0. The summed E-state index contributed by atoms with van der Waals surface area (Å²) in [7, 11) is 1.71. The van der Waals surface area contributed by atoms with Crippen LogP contribution in [0.1, 0.15) is 36.2 Å². The summed E-state index contributed by atoms with van der Waals surface area (Å²) in [4.78, 5) is 11.9. The number of hydrogen-bond acceptors (Lipinski definition) is 4. The Kier molecular flexibility index (Phi) is 3.84. The normalized spacial score (nSPS) is 11.0. The first-order valence-corrected chi connectivity index (χ1v) is 6.22. The Morgan fingerprint density at radius 1 is 1.53 bits per heavy atom. The fraction of sp³-hybridized carbons (Fsp3) is 0.455. The van der Waals surface area contributed by atoms with Crippen molar-refractivity contribution in [3.8, 4) is 0 Å². The summed E-state index contributed by atoms with van der Waals surface area (Å²) in [6.45, 7) is 4.32. The third-order valence-corrected chi connectivity index (χ3v) is 2.89. The predicted molar refractivity (Wildman–Crippen MR) is 69.8 cm³/mol. The molecule has 0 aliphatic rings. The molecule has 0 radical (unpaired) electrons. The number of nitrogens with one attached hydrogen (secondary N) is 1. The molecule has 0 aliphatic heterocycles. The lowest BCUT2D eigenvalue weighted by Gasteiger charge is -2.10. The first-order chi connectivity index (χ1) is 8.99. The fourth-order valence-electron chi connectivity index (χ4n) is 1.68. The molecule has 2 rings (SSSR count). The third-order valence-electron chi connectivity index (χ3n) is 2.61. The Labute approximate surface area is 115 Å². The summed E-state index contributed by atoms with van der Waals surface area (Å²) < 4.78 is 3.38. The molecule has 0 saturated carbocycles. The van der Waals surface area contributed by atoms with Gasteiger partial charge in [0.1, 0.15) is 6.33 Å². The molecular formula is C11H15ClN6O. The zero-order chi connectivity index (χ0) is 14.0. The number of nitrogens with zero attached hydrogens (tertiary/aromatic N) is 5. The van der Waals surface area contributed by atoms with Crippen molar-refractivity contribution >= 4 is 17.5 Å². The SMILES string of the molecule is CC(C)n1cnnc1CNC(=O)c1nn(C)cc1Cl. The molecule has 0 fully saturated rings. The molecule has 1 amide bonds. The molecule has 1 N–H and O–H groups in total. The molecule has 0 atom stereocenters. The quantitative estimate of drug-likeness (QED) is 0.913. The van der Waals surface area contributed by atoms with E-state index in [2.05, 4.69) is 20.6 Å². The second-order valence-electron chi connectivity index (χ2n) is 4.43. The number of aryl methyl sites for hydroxylation is 1.